The highest BCUT2D eigenvalue weighted by Crippen LogP contribution is 2.35. The average Bonchev–Trinajstić information content (AvgIpc) is 2.86. The molecule has 0 saturated heterocycles. The van der Waals surface area contributed by atoms with Crippen molar-refractivity contribution >= 4 is 23.2 Å². The number of hydrogen-bond acceptors (Lipinski definition) is 9. The summed E-state index contributed by atoms with van der Waals surface area (Å²) in [5.41, 5.74) is 4.60. The van der Waals surface area contributed by atoms with E-state index in [0.29, 0.717) is 35.5 Å². The lowest BCUT2D eigenvalue weighted by molar-refractivity contribution is -0.123. The highest BCUT2D eigenvalue weighted by atomic mass is 16.5. The molecule has 2 N–H and O–H groups in total. The van der Waals surface area contributed by atoms with Gasteiger partial charge in [-0.15, -0.1) is 0 Å². The highest BCUT2D eigenvalue weighted by molar-refractivity contribution is 5.94. The summed E-state index contributed by atoms with van der Waals surface area (Å²) >= 11 is 0. The zero-order valence-electron chi connectivity index (χ0n) is 20.1. The van der Waals surface area contributed by atoms with Crippen LogP contribution in [0.25, 0.3) is 0 Å². The molecule has 1 heterocycles. The Bertz CT molecular complexity index is 1160. The molecule has 2 amide bonds. The number of carbonyl (C=O) groups is 2. The topological polar surface area (TPSA) is 124 Å². The summed E-state index contributed by atoms with van der Waals surface area (Å²) in [5, 5.41) is 4.49. The van der Waals surface area contributed by atoms with Crippen LogP contribution >= 0.6 is 0 Å². The summed E-state index contributed by atoms with van der Waals surface area (Å²) < 4.78 is 21.8. The van der Waals surface area contributed by atoms with Gasteiger partial charge in [0.15, 0.2) is 11.5 Å². The van der Waals surface area contributed by atoms with Crippen LogP contribution in [0.4, 0.5) is 11.4 Å². The quantitative estimate of drug-likeness (QED) is 0.443. The number of hydrazine groups is 1. The summed E-state index contributed by atoms with van der Waals surface area (Å²) in [5.74, 6) is 0.863. The molecular weight excluding hydrogens is 454 g/mol. The van der Waals surface area contributed by atoms with E-state index in [1.54, 1.807) is 43.5 Å². The fourth-order valence-electron chi connectivity index (χ4n) is 3.12. The second-order valence-corrected chi connectivity index (χ2v) is 7.21. The van der Waals surface area contributed by atoms with Gasteiger partial charge >= 0.3 is 6.01 Å². The van der Waals surface area contributed by atoms with Crippen LogP contribution in [0.2, 0.25) is 0 Å². The van der Waals surface area contributed by atoms with Crippen molar-refractivity contribution in [1.82, 2.24) is 15.4 Å². The van der Waals surface area contributed by atoms with Gasteiger partial charge in [0, 0.05) is 31.6 Å². The van der Waals surface area contributed by atoms with Crippen molar-refractivity contribution in [3.8, 4) is 29.3 Å². The molecule has 0 atom stereocenters. The van der Waals surface area contributed by atoms with E-state index in [2.05, 4.69) is 20.7 Å². The van der Waals surface area contributed by atoms with E-state index in [9.17, 15) is 9.59 Å². The maximum absolute atomic E-state index is 11.8. The van der Waals surface area contributed by atoms with Gasteiger partial charge in [0.2, 0.25) is 23.6 Å². The van der Waals surface area contributed by atoms with Crippen molar-refractivity contribution in [3.63, 3.8) is 0 Å². The van der Waals surface area contributed by atoms with Crippen molar-refractivity contribution < 1.29 is 28.5 Å². The lowest BCUT2D eigenvalue weighted by Gasteiger charge is -2.21. The van der Waals surface area contributed by atoms with E-state index in [1.165, 1.54) is 33.1 Å². The summed E-state index contributed by atoms with van der Waals surface area (Å²) in [7, 11) is 4.52. The fourth-order valence-corrected chi connectivity index (χ4v) is 3.12. The molecule has 0 aliphatic heterocycles. The number of amides is 2. The molecular formula is C24H27N5O6. The minimum absolute atomic E-state index is 0.0404. The van der Waals surface area contributed by atoms with Crippen molar-refractivity contribution in [2.24, 2.45) is 0 Å². The number of para-hydroxylation sites is 1. The third-order valence-corrected chi connectivity index (χ3v) is 4.74. The smallest absolute Gasteiger partial charge is 0.328 e. The number of methoxy groups -OCH3 is 3. The molecule has 11 nitrogen and oxygen atoms in total. The van der Waals surface area contributed by atoms with Crippen LogP contribution < -0.4 is 34.7 Å². The van der Waals surface area contributed by atoms with Gasteiger partial charge < -0.3 is 24.3 Å². The maximum atomic E-state index is 11.8. The van der Waals surface area contributed by atoms with Gasteiger partial charge in [-0.2, -0.15) is 9.97 Å². The Labute approximate surface area is 203 Å². The molecule has 0 saturated carbocycles. The van der Waals surface area contributed by atoms with Crippen LogP contribution in [0.3, 0.4) is 0 Å². The Morgan fingerprint density at radius 2 is 1.57 bits per heavy atom. The third kappa shape index (κ3) is 6.50. The molecule has 0 unspecified atom stereocenters. The molecule has 3 aromatic rings. The zero-order valence-corrected chi connectivity index (χ0v) is 20.1. The fraction of sp³-hybridized carbons (Fsp3) is 0.250. The van der Waals surface area contributed by atoms with Crippen LogP contribution in [0.15, 0.2) is 48.5 Å². The monoisotopic (exact) mass is 481 g/mol. The van der Waals surface area contributed by atoms with Gasteiger partial charge in [0.25, 0.3) is 0 Å². The number of anilines is 2. The predicted molar refractivity (Wildman–Crippen MR) is 129 cm³/mol. The Balaban J connectivity index is 1.80. The number of rotatable bonds is 9. The normalized spacial score (nSPS) is 10.2. The first-order valence-corrected chi connectivity index (χ1v) is 10.6. The molecule has 0 fully saturated rings. The van der Waals surface area contributed by atoms with E-state index in [4.69, 9.17) is 18.9 Å². The van der Waals surface area contributed by atoms with E-state index in [1.807, 2.05) is 12.1 Å². The Kier molecular flexibility index (Phi) is 8.28. The minimum atomic E-state index is -0.342. The first-order chi connectivity index (χ1) is 16.8. The van der Waals surface area contributed by atoms with Crippen LogP contribution in [0, 0.1) is 0 Å². The molecule has 0 spiro atoms. The van der Waals surface area contributed by atoms with Gasteiger partial charge in [0.1, 0.15) is 0 Å². The largest absolute Gasteiger partial charge is 0.493 e. The molecule has 184 valence electrons. The first-order valence-electron chi connectivity index (χ1n) is 10.6. The Morgan fingerprint density at radius 3 is 2.11 bits per heavy atom. The van der Waals surface area contributed by atoms with E-state index >= 15 is 0 Å². The van der Waals surface area contributed by atoms with Crippen LogP contribution in [0.5, 0.6) is 29.3 Å². The summed E-state index contributed by atoms with van der Waals surface area (Å²) in [4.78, 5) is 31.7. The summed E-state index contributed by atoms with van der Waals surface area (Å²) in [6, 6.07) is 14.1. The maximum Gasteiger partial charge on any atom is 0.328 e. The standard InChI is InChI=1S/C24H27N5O6/c1-15(30)28-29(16(2)31)19-11-9-18(10-12-19)25-14-17-7-6-8-20(32-3)23(17)35-24-26-21(33-4)13-22(27-24)34-5/h6-13,25H,14H2,1-5H3,(H,28,30). The van der Waals surface area contributed by atoms with Gasteiger partial charge in [-0.3, -0.25) is 15.0 Å². The number of aromatic nitrogens is 2. The van der Waals surface area contributed by atoms with Crippen LogP contribution in [-0.2, 0) is 16.1 Å². The predicted octanol–water partition coefficient (Wildman–Crippen LogP) is 3.31. The number of carbonyl (C=O) groups excluding carboxylic acids is 2. The van der Waals surface area contributed by atoms with Crippen LogP contribution in [-0.4, -0.2) is 43.1 Å². The minimum Gasteiger partial charge on any atom is -0.493 e. The van der Waals surface area contributed by atoms with Gasteiger partial charge in [-0.05, 0) is 30.3 Å². The second kappa shape index (κ2) is 11.5. The number of ether oxygens (including phenoxy) is 4. The Hall–Kier alpha value is -4.54. The van der Waals surface area contributed by atoms with Gasteiger partial charge in [-0.25, -0.2) is 5.01 Å². The lowest BCUT2D eigenvalue weighted by Crippen LogP contribution is -2.44. The molecule has 2 aromatic carbocycles. The van der Waals surface area contributed by atoms with E-state index in [0.717, 1.165) is 11.3 Å². The summed E-state index contributed by atoms with van der Waals surface area (Å²) in [6.45, 7) is 3.09. The van der Waals surface area contributed by atoms with Crippen molar-refractivity contribution in [1.29, 1.82) is 0 Å². The molecule has 0 radical (unpaired) electrons. The average molecular weight is 482 g/mol. The summed E-state index contributed by atoms with van der Waals surface area (Å²) in [6.07, 6.45) is 0. The number of hydrogen-bond donors (Lipinski definition) is 2. The second-order valence-electron chi connectivity index (χ2n) is 7.21. The SMILES string of the molecule is COc1cc(OC)nc(Oc2c(CNc3ccc(N(NC(C)=O)C(C)=O)cc3)cccc2OC)n1. The van der Waals surface area contributed by atoms with Gasteiger partial charge in [-0.1, -0.05) is 12.1 Å². The third-order valence-electron chi connectivity index (χ3n) is 4.74. The molecule has 0 aliphatic carbocycles. The van der Waals surface area contributed by atoms with Crippen molar-refractivity contribution in [2.45, 2.75) is 20.4 Å². The molecule has 11 heteroatoms. The molecule has 1 aromatic heterocycles. The van der Waals surface area contributed by atoms with Crippen molar-refractivity contribution in [2.75, 3.05) is 31.7 Å². The Morgan fingerprint density at radius 1 is 0.914 bits per heavy atom. The zero-order chi connectivity index (χ0) is 25.4. The number of benzene rings is 2. The van der Waals surface area contributed by atoms with E-state index < -0.39 is 0 Å². The molecule has 3 rings (SSSR count). The highest BCUT2D eigenvalue weighted by Gasteiger charge is 2.16. The number of nitrogens with zero attached hydrogens (tertiary/aromatic N) is 3. The lowest BCUT2D eigenvalue weighted by atomic mass is 10.1. The van der Waals surface area contributed by atoms with Crippen LogP contribution in [0.1, 0.15) is 19.4 Å². The molecule has 0 bridgehead atoms. The van der Waals surface area contributed by atoms with Gasteiger partial charge in [0.05, 0.1) is 33.1 Å². The van der Waals surface area contributed by atoms with E-state index in [-0.39, 0.29) is 17.8 Å². The van der Waals surface area contributed by atoms with Crippen molar-refractivity contribution in [3.05, 3.63) is 54.1 Å². The number of nitrogens with one attached hydrogen (secondary N) is 2. The molecule has 0 aliphatic rings. The first kappa shape index (κ1) is 25.1. The molecule has 35 heavy (non-hydrogen) atoms.